The molecule has 0 radical (unpaired) electrons. The number of carbonyl (C=O) groups excluding carboxylic acids is 2. The molecule has 2 amide bonds. The summed E-state index contributed by atoms with van der Waals surface area (Å²) in [6.07, 6.45) is 1.95. The molecule has 0 unspecified atom stereocenters. The summed E-state index contributed by atoms with van der Waals surface area (Å²) in [6.45, 7) is 7.83. The summed E-state index contributed by atoms with van der Waals surface area (Å²) in [5.41, 5.74) is 1.61. The summed E-state index contributed by atoms with van der Waals surface area (Å²) in [6, 6.07) is 7.37. The highest BCUT2D eigenvalue weighted by atomic mass is 32.2. The molecule has 0 heterocycles. The maximum absolute atomic E-state index is 12.4. The first-order valence-electron chi connectivity index (χ1n) is 8.03. The standard InChI is InChI=1S/C18H28N2O3S/c1-13-6-8-14(9-7-13)12-19-16(21)15(10-11-24-5)20-17(22)23-18(2,3)4/h6-9,15H,10-12H2,1-5H3,(H,19,21)(H,20,22)/t15-/m1/s1. The normalized spacial score (nSPS) is 12.4. The number of rotatable bonds is 7. The Hall–Kier alpha value is -1.69. The maximum Gasteiger partial charge on any atom is 0.408 e. The van der Waals surface area contributed by atoms with Crippen molar-refractivity contribution >= 4 is 23.8 Å². The van der Waals surface area contributed by atoms with Gasteiger partial charge in [-0.2, -0.15) is 11.8 Å². The number of hydrogen-bond donors (Lipinski definition) is 2. The van der Waals surface area contributed by atoms with E-state index in [1.165, 1.54) is 5.56 Å². The Bertz CT molecular complexity index is 538. The van der Waals surface area contributed by atoms with Crippen molar-refractivity contribution in [1.82, 2.24) is 10.6 Å². The van der Waals surface area contributed by atoms with E-state index in [4.69, 9.17) is 4.74 Å². The average Bonchev–Trinajstić information content (AvgIpc) is 2.48. The van der Waals surface area contributed by atoms with Gasteiger partial charge in [0.25, 0.3) is 0 Å². The largest absolute Gasteiger partial charge is 0.444 e. The molecule has 1 atom stereocenters. The van der Waals surface area contributed by atoms with Crippen LogP contribution in [-0.2, 0) is 16.1 Å². The van der Waals surface area contributed by atoms with Gasteiger partial charge in [0.1, 0.15) is 11.6 Å². The van der Waals surface area contributed by atoms with Gasteiger partial charge in [0.2, 0.25) is 5.91 Å². The highest BCUT2D eigenvalue weighted by Gasteiger charge is 2.23. The van der Waals surface area contributed by atoms with Crippen molar-refractivity contribution in [2.45, 2.75) is 52.3 Å². The number of aryl methyl sites for hydroxylation is 1. The zero-order valence-corrected chi connectivity index (χ0v) is 16.0. The number of carbonyl (C=O) groups is 2. The molecular weight excluding hydrogens is 324 g/mol. The molecule has 0 spiro atoms. The Labute approximate surface area is 148 Å². The topological polar surface area (TPSA) is 67.4 Å². The van der Waals surface area contributed by atoms with Gasteiger partial charge in [0.15, 0.2) is 0 Å². The van der Waals surface area contributed by atoms with Crippen LogP contribution in [0.2, 0.25) is 0 Å². The molecule has 2 N–H and O–H groups in total. The fourth-order valence-electron chi connectivity index (χ4n) is 1.97. The molecule has 0 saturated carbocycles. The van der Waals surface area contributed by atoms with Crippen molar-refractivity contribution < 1.29 is 14.3 Å². The number of ether oxygens (including phenoxy) is 1. The average molecular weight is 353 g/mol. The fraction of sp³-hybridized carbons (Fsp3) is 0.556. The second-order valence-electron chi connectivity index (χ2n) is 6.68. The predicted octanol–water partition coefficient (Wildman–Crippen LogP) is 3.26. The third kappa shape index (κ3) is 8.24. The van der Waals surface area contributed by atoms with Crippen LogP contribution in [0.4, 0.5) is 4.79 Å². The van der Waals surface area contributed by atoms with Crippen molar-refractivity contribution in [3.63, 3.8) is 0 Å². The zero-order valence-electron chi connectivity index (χ0n) is 15.1. The van der Waals surface area contributed by atoms with Crippen molar-refractivity contribution in [2.75, 3.05) is 12.0 Å². The Morgan fingerprint density at radius 2 is 1.83 bits per heavy atom. The highest BCUT2D eigenvalue weighted by Crippen LogP contribution is 2.09. The van der Waals surface area contributed by atoms with E-state index in [1.807, 2.05) is 37.4 Å². The van der Waals surface area contributed by atoms with E-state index < -0.39 is 17.7 Å². The van der Waals surface area contributed by atoms with E-state index in [0.717, 1.165) is 11.3 Å². The summed E-state index contributed by atoms with van der Waals surface area (Å²) in [7, 11) is 0. The molecule has 1 aromatic rings. The lowest BCUT2D eigenvalue weighted by Crippen LogP contribution is -2.48. The molecule has 5 nitrogen and oxygen atoms in total. The number of alkyl carbamates (subject to hydrolysis) is 1. The monoisotopic (exact) mass is 352 g/mol. The van der Waals surface area contributed by atoms with Crippen LogP contribution in [-0.4, -0.2) is 35.7 Å². The number of nitrogens with one attached hydrogen (secondary N) is 2. The minimum Gasteiger partial charge on any atom is -0.444 e. The second kappa shape index (κ2) is 9.57. The van der Waals surface area contributed by atoms with Gasteiger partial charge in [-0.15, -0.1) is 0 Å². The predicted molar refractivity (Wildman–Crippen MR) is 99.2 cm³/mol. The second-order valence-corrected chi connectivity index (χ2v) is 7.67. The number of thioether (sulfide) groups is 1. The van der Waals surface area contributed by atoms with Crippen LogP contribution in [0, 0.1) is 6.92 Å². The molecule has 0 saturated heterocycles. The van der Waals surface area contributed by atoms with Gasteiger partial charge in [-0.3, -0.25) is 4.79 Å². The molecule has 1 rings (SSSR count). The number of hydrogen-bond acceptors (Lipinski definition) is 4. The Kier molecular flexibility index (Phi) is 8.11. The van der Waals surface area contributed by atoms with Crippen LogP contribution < -0.4 is 10.6 Å². The van der Waals surface area contributed by atoms with Crippen molar-refractivity contribution in [3.05, 3.63) is 35.4 Å². The molecule has 1 aromatic carbocycles. The third-order valence-corrected chi connectivity index (χ3v) is 3.85. The molecule has 0 fully saturated rings. The van der Waals surface area contributed by atoms with E-state index in [1.54, 1.807) is 32.5 Å². The van der Waals surface area contributed by atoms with E-state index >= 15 is 0 Å². The summed E-state index contributed by atoms with van der Waals surface area (Å²) < 4.78 is 5.24. The minimum atomic E-state index is -0.599. The van der Waals surface area contributed by atoms with Crippen molar-refractivity contribution in [1.29, 1.82) is 0 Å². The van der Waals surface area contributed by atoms with Gasteiger partial charge in [-0.25, -0.2) is 4.79 Å². The van der Waals surface area contributed by atoms with Crippen LogP contribution in [0.3, 0.4) is 0 Å². The van der Waals surface area contributed by atoms with E-state index in [2.05, 4.69) is 10.6 Å². The SMILES string of the molecule is CSCC[C@@H](NC(=O)OC(C)(C)C)C(=O)NCc1ccc(C)cc1. The molecule has 0 aliphatic heterocycles. The first-order chi connectivity index (χ1) is 11.2. The summed E-state index contributed by atoms with van der Waals surface area (Å²) in [5, 5.41) is 5.54. The third-order valence-electron chi connectivity index (χ3n) is 3.21. The van der Waals surface area contributed by atoms with Crippen LogP contribution in [0.1, 0.15) is 38.3 Å². The summed E-state index contributed by atoms with van der Waals surface area (Å²) in [5.74, 6) is 0.578. The van der Waals surface area contributed by atoms with Crippen LogP contribution in [0.15, 0.2) is 24.3 Å². The molecule has 6 heteroatoms. The Morgan fingerprint density at radius 1 is 1.21 bits per heavy atom. The first-order valence-corrected chi connectivity index (χ1v) is 9.42. The van der Waals surface area contributed by atoms with Gasteiger partial charge in [0.05, 0.1) is 0 Å². The molecule has 24 heavy (non-hydrogen) atoms. The molecule has 0 aliphatic carbocycles. The molecular formula is C18H28N2O3S. The number of amides is 2. The maximum atomic E-state index is 12.4. The lowest BCUT2D eigenvalue weighted by Gasteiger charge is -2.23. The van der Waals surface area contributed by atoms with Crippen molar-refractivity contribution in [2.24, 2.45) is 0 Å². The first kappa shape index (κ1) is 20.4. The summed E-state index contributed by atoms with van der Waals surface area (Å²) >= 11 is 1.63. The molecule has 0 bridgehead atoms. The number of benzene rings is 1. The van der Waals surface area contributed by atoms with Gasteiger partial charge in [0, 0.05) is 6.54 Å². The quantitative estimate of drug-likeness (QED) is 0.790. The summed E-state index contributed by atoms with van der Waals surface area (Å²) in [4.78, 5) is 24.3. The van der Waals surface area contributed by atoms with Gasteiger partial charge >= 0.3 is 6.09 Å². The van der Waals surface area contributed by atoms with E-state index in [9.17, 15) is 9.59 Å². The van der Waals surface area contributed by atoms with Crippen molar-refractivity contribution in [3.8, 4) is 0 Å². The fourth-order valence-corrected chi connectivity index (χ4v) is 2.44. The highest BCUT2D eigenvalue weighted by molar-refractivity contribution is 7.98. The van der Waals surface area contributed by atoms with Crippen LogP contribution >= 0.6 is 11.8 Å². The van der Waals surface area contributed by atoms with Crippen LogP contribution in [0.25, 0.3) is 0 Å². The van der Waals surface area contributed by atoms with E-state index in [0.29, 0.717) is 13.0 Å². The van der Waals surface area contributed by atoms with E-state index in [-0.39, 0.29) is 5.91 Å². The van der Waals surface area contributed by atoms with Gasteiger partial charge < -0.3 is 15.4 Å². The Morgan fingerprint density at radius 3 is 2.38 bits per heavy atom. The molecule has 0 aromatic heterocycles. The van der Waals surface area contributed by atoms with Gasteiger partial charge in [-0.1, -0.05) is 29.8 Å². The Balaban J connectivity index is 2.60. The lowest BCUT2D eigenvalue weighted by molar-refractivity contribution is -0.123. The molecule has 0 aliphatic rings. The lowest BCUT2D eigenvalue weighted by atomic mass is 10.1. The molecule has 134 valence electrons. The van der Waals surface area contributed by atoms with Gasteiger partial charge in [-0.05, 0) is 51.7 Å². The van der Waals surface area contributed by atoms with Crippen LogP contribution in [0.5, 0.6) is 0 Å². The smallest absolute Gasteiger partial charge is 0.408 e. The minimum absolute atomic E-state index is 0.199. The zero-order chi connectivity index (χ0) is 18.2.